The highest BCUT2D eigenvalue weighted by atomic mass is 19.1. The van der Waals surface area contributed by atoms with Gasteiger partial charge in [-0.2, -0.15) is 0 Å². The van der Waals surface area contributed by atoms with Crippen molar-refractivity contribution >= 4 is 11.6 Å². The Bertz CT molecular complexity index is 575. The van der Waals surface area contributed by atoms with Crippen molar-refractivity contribution in [2.45, 2.75) is 44.3 Å². The molecule has 3 nitrogen and oxygen atoms in total. The van der Waals surface area contributed by atoms with Crippen LogP contribution in [0.3, 0.4) is 0 Å². The predicted octanol–water partition coefficient (Wildman–Crippen LogP) is 2.79. The second-order valence-electron chi connectivity index (χ2n) is 6.73. The first-order chi connectivity index (χ1) is 9.81. The summed E-state index contributed by atoms with van der Waals surface area (Å²) in [7, 11) is 0. The van der Waals surface area contributed by atoms with E-state index in [2.05, 4.69) is 0 Å². The molecule has 1 saturated carbocycles. The smallest absolute Gasteiger partial charge is 0.233 e. The lowest BCUT2D eigenvalue weighted by Crippen LogP contribution is -2.49. The lowest BCUT2D eigenvalue weighted by atomic mass is 9.66. The Labute approximate surface area is 123 Å². The van der Waals surface area contributed by atoms with Gasteiger partial charge in [-0.3, -0.25) is 4.79 Å². The molecule has 3 unspecified atom stereocenters. The zero-order valence-corrected chi connectivity index (χ0v) is 12.1. The minimum Gasteiger partial charge on any atom is -0.328 e. The second kappa shape index (κ2) is 4.77. The molecule has 5 heteroatoms. The number of hydrogen-bond donors (Lipinski definition) is 1. The molecule has 0 bridgehead atoms. The molecule has 1 spiro atoms. The maximum Gasteiger partial charge on any atom is 0.233 e. The molecule has 2 fully saturated rings. The van der Waals surface area contributed by atoms with Crippen molar-refractivity contribution in [1.82, 2.24) is 0 Å². The van der Waals surface area contributed by atoms with Crippen molar-refractivity contribution in [2.75, 3.05) is 11.4 Å². The number of benzene rings is 1. The third kappa shape index (κ3) is 2.55. The highest BCUT2D eigenvalue weighted by molar-refractivity contribution is 6.00. The molecular formula is C16H20F2N2O. The summed E-state index contributed by atoms with van der Waals surface area (Å²) in [5.74, 6) is -0.496. The molecule has 1 aromatic rings. The molecule has 0 aromatic heterocycles. The SMILES string of the molecule is CC1(F)CC(N)CC2(CCN(c3cccc(F)c3)C2=O)C1. The van der Waals surface area contributed by atoms with Gasteiger partial charge in [0.2, 0.25) is 5.91 Å². The number of carbonyl (C=O) groups excluding carboxylic acids is 1. The Morgan fingerprint density at radius 1 is 1.38 bits per heavy atom. The first-order valence-corrected chi connectivity index (χ1v) is 7.33. The molecule has 21 heavy (non-hydrogen) atoms. The van der Waals surface area contributed by atoms with Crippen molar-refractivity contribution in [1.29, 1.82) is 0 Å². The summed E-state index contributed by atoms with van der Waals surface area (Å²) in [6.45, 7) is 2.01. The molecule has 2 N–H and O–H groups in total. The maximum absolute atomic E-state index is 14.5. The van der Waals surface area contributed by atoms with Crippen molar-refractivity contribution in [3.63, 3.8) is 0 Å². The number of amides is 1. The zero-order chi connectivity index (χ0) is 15.3. The summed E-state index contributed by atoms with van der Waals surface area (Å²) in [5, 5.41) is 0. The van der Waals surface area contributed by atoms with Gasteiger partial charge in [0.15, 0.2) is 0 Å². The van der Waals surface area contributed by atoms with E-state index in [-0.39, 0.29) is 24.2 Å². The Hall–Kier alpha value is -1.49. The number of anilines is 1. The fourth-order valence-electron chi connectivity index (χ4n) is 4.03. The fraction of sp³-hybridized carbons (Fsp3) is 0.562. The average molecular weight is 294 g/mol. The monoisotopic (exact) mass is 294 g/mol. The summed E-state index contributed by atoms with van der Waals surface area (Å²) < 4.78 is 27.8. The number of halogens is 2. The zero-order valence-electron chi connectivity index (χ0n) is 12.1. The van der Waals surface area contributed by atoms with Crippen molar-refractivity contribution in [2.24, 2.45) is 11.1 Å². The number of rotatable bonds is 1. The van der Waals surface area contributed by atoms with Crippen LogP contribution in [0.5, 0.6) is 0 Å². The molecule has 3 atom stereocenters. The highest BCUT2D eigenvalue weighted by Gasteiger charge is 2.54. The average Bonchev–Trinajstić information content (AvgIpc) is 2.64. The molecule has 1 aliphatic heterocycles. The fourth-order valence-corrected chi connectivity index (χ4v) is 4.03. The molecule has 114 valence electrons. The van der Waals surface area contributed by atoms with Gasteiger partial charge >= 0.3 is 0 Å². The van der Waals surface area contributed by atoms with Crippen LogP contribution in [-0.2, 0) is 4.79 Å². The Morgan fingerprint density at radius 2 is 2.14 bits per heavy atom. The Morgan fingerprint density at radius 3 is 2.81 bits per heavy atom. The van der Waals surface area contributed by atoms with Crippen LogP contribution in [0, 0.1) is 11.2 Å². The van der Waals surface area contributed by atoms with Crippen LogP contribution in [0.1, 0.15) is 32.6 Å². The van der Waals surface area contributed by atoms with Crippen LogP contribution in [0.4, 0.5) is 14.5 Å². The van der Waals surface area contributed by atoms with Gasteiger partial charge in [0.1, 0.15) is 11.5 Å². The van der Waals surface area contributed by atoms with E-state index in [1.165, 1.54) is 19.1 Å². The van der Waals surface area contributed by atoms with Gasteiger partial charge in [0, 0.05) is 18.3 Å². The summed E-state index contributed by atoms with van der Waals surface area (Å²) in [5.41, 5.74) is 4.36. The van der Waals surface area contributed by atoms with E-state index < -0.39 is 11.1 Å². The van der Waals surface area contributed by atoms with Crippen LogP contribution in [0.15, 0.2) is 24.3 Å². The van der Waals surface area contributed by atoms with Crippen LogP contribution < -0.4 is 10.6 Å². The predicted molar refractivity (Wildman–Crippen MR) is 77.1 cm³/mol. The van der Waals surface area contributed by atoms with Crippen LogP contribution >= 0.6 is 0 Å². The number of carbonyl (C=O) groups is 1. The van der Waals surface area contributed by atoms with Gasteiger partial charge in [-0.05, 0) is 50.8 Å². The van der Waals surface area contributed by atoms with Gasteiger partial charge in [-0.1, -0.05) is 6.07 Å². The molecule has 1 aromatic carbocycles. The first-order valence-electron chi connectivity index (χ1n) is 7.33. The minimum atomic E-state index is -1.41. The van der Waals surface area contributed by atoms with Crippen LogP contribution in [-0.4, -0.2) is 24.2 Å². The van der Waals surface area contributed by atoms with Gasteiger partial charge in [-0.15, -0.1) is 0 Å². The number of alkyl halides is 1. The first kappa shape index (κ1) is 14.4. The summed E-state index contributed by atoms with van der Waals surface area (Å²) in [4.78, 5) is 14.4. The topological polar surface area (TPSA) is 46.3 Å². The maximum atomic E-state index is 14.5. The van der Waals surface area contributed by atoms with E-state index in [1.807, 2.05) is 0 Å². The molecule has 2 aliphatic rings. The molecule has 3 rings (SSSR count). The van der Waals surface area contributed by atoms with Gasteiger partial charge in [0.05, 0.1) is 5.41 Å². The van der Waals surface area contributed by atoms with Crippen LogP contribution in [0.25, 0.3) is 0 Å². The minimum absolute atomic E-state index is 0.118. The second-order valence-corrected chi connectivity index (χ2v) is 6.73. The van der Waals surface area contributed by atoms with Crippen molar-refractivity contribution < 1.29 is 13.6 Å². The molecule has 0 radical (unpaired) electrons. The molecule has 1 heterocycles. The number of nitrogens with zero attached hydrogens (tertiary/aromatic N) is 1. The molecule has 1 aliphatic carbocycles. The van der Waals surface area contributed by atoms with E-state index in [4.69, 9.17) is 5.73 Å². The third-order valence-electron chi connectivity index (χ3n) is 4.68. The van der Waals surface area contributed by atoms with Crippen molar-refractivity contribution in [3.05, 3.63) is 30.1 Å². The summed E-state index contributed by atoms with van der Waals surface area (Å²) in [6.07, 6.45) is 1.59. The molecular weight excluding hydrogens is 274 g/mol. The Balaban J connectivity index is 1.89. The van der Waals surface area contributed by atoms with Crippen LogP contribution in [0.2, 0.25) is 0 Å². The lowest BCUT2D eigenvalue weighted by molar-refractivity contribution is -0.130. The highest BCUT2D eigenvalue weighted by Crippen LogP contribution is 2.50. The normalized spacial score (nSPS) is 36.5. The summed E-state index contributed by atoms with van der Waals surface area (Å²) in [6, 6.07) is 5.67. The van der Waals surface area contributed by atoms with Crippen molar-refractivity contribution in [3.8, 4) is 0 Å². The Kier molecular flexibility index (Phi) is 3.28. The standard InChI is InChI=1S/C16H20F2N2O/c1-15(18)8-12(19)9-16(10-15)5-6-20(14(16)21)13-4-2-3-11(17)7-13/h2-4,7,12H,5-6,8-10,19H2,1H3. The number of hydrogen-bond acceptors (Lipinski definition) is 2. The quantitative estimate of drug-likeness (QED) is 0.865. The molecule has 1 amide bonds. The van der Waals surface area contributed by atoms with Gasteiger partial charge in [-0.25, -0.2) is 8.78 Å². The van der Waals surface area contributed by atoms with E-state index in [9.17, 15) is 13.6 Å². The van der Waals surface area contributed by atoms with Gasteiger partial charge < -0.3 is 10.6 Å². The van der Waals surface area contributed by atoms with E-state index in [0.29, 0.717) is 31.5 Å². The largest absolute Gasteiger partial charge is 0.328 e. The van der Waals surface area contributed by atoms with Gasteiger partial charge in [0.25, 0.3) is 0 Å². The number of nitrogens with two attached hydrogens (primary N) is 1. The third-order valence-corrected chi connectivity index (χ3v) is 4.68. The van der Waals surface area contributed by atoms with E-state index in [0.717, 1.165) is 0 Å². The van der Waals surface area contributed by atoms with E-state index in [1.54, 1.807) is 17.0 Å². The summed E-state index contributed by atoms with van der Waals surface area (Å²) >= 11 is 0. The lowest BCUT2D eigenvalue weighted by Gasteiger charge is -2.41. The molecule has 1 saturated heterocycles. The van der Waals surface area contributed by atoms with E-state index >= 15 is 0 Å².